The number of piperidine rings is 1. The predicted octanol–water partition coefficient (Wildman–Crippen LogP) is -0.477. The van der Waals surface area contributed by atoms with Gasteiger partial charge in [0.25, 0.3) is 10.2 Å². The molecule has 0 spiro atoms. The molecule has 9 heteroatoms. The van der Waals surface area contributed by atoms with Crippen LogP contribution in [0.15, 0.2) is 0 Å². The molecule has 0 bridgehead atoms. The van der Waals surface area contributed by atoms with Crippen molar-refractivity contribution in [3.05, 3.63) is 0 Å². The van der Waals surface area contributed by atoms with E-state index >= 15 is 0 Å². The second-order valence-electron chi connectivity index (χ2n) is 4.69. The van der Waals surface area contributed by atoms with Gasteiger partial charge in [-0.25, -0.2) is 0 Å². The quantitative estimate of drug-likeness (QED) is 0.665. The number of aliphatic carboxylic acids is 1. The highest BCUT2D eigenvalue weighted by Crippen LogP contribution is 2.20. The van der Waals surface area contributed by atoms with E-state index in [2.05, 4.69) is 4.74 Å². The molecule has 1 fully saturated rings. The van der Waals surface area contributed by atoms with E-state index in [4.69, 9.17) is 5.11 Å². The van der Waals surface area contributed by atoms with Crippen molar-refractivity contribution >= 4 is 22.1 Å². The zero-order chi connectivity index (χ0) is 15.3. The number of rotatable bonds is 6. The smallest absolute Gasteiger partial charge is 0.307 e. The van der Waals surface area contributed by atoms with Crippen molar-refractivity contribution in [1.29, 1.82) is 0 Å². The van der Waals surface area contributed by atoms with Crippen LogP contribution in [-0.4, -0.2) is 67.9 Å². The largest absolute Gasteiger partial charge is 0.481 e. The molecule has 1 N–H and O–H groups in total. The molecule has 116 valence electrons. The molecule has 1 aliphatic rings. The second kappa shape index (κ2) is 7.00. The summed E-state index contributed by atoms with van der Waals surface area (Å²) in [5.41, 5.74) is 0. The van der Waals surface area contributed by atoms with Crippen LogP contribution in [0, 0.1) is 5.92 Å². The summed E-state index contributed by atoms with van der Waals surface area (Å²) in [6, 6.07) is 0. The molecule has 0 radical (unpaired) electrons. The first kappa shape index (κ1) is 16.9. The molecule has 0 saturated carbocycles. The number of methoxy groups -OCH3 is 1. The van der Waals surface area contributed by atoms with E-state index in [1.807, 2.05) is 0 Å². The highest BCUT2D eigenvalue weighted by molar-refractivity contribution is 7.86. The number of nitrogens with zero attached hydrogens (tertiary/aromatic N) is 2. The monoisotopic (exact) mass is 308 g/mol. The van der Waals surface area contributed by atoms with Crippen LogP contribution in [0.5, 0.6) is 0 Å². The lowest BCUT2D eigenvalue weighted by atomic mass is 10.0. The second-order valence-corrected chi connectivity index (χ2v) is 6.73. The summed E-state index contributed by atoms with van der Waals surface area (Å²) in [4.78, 5) is 22.0. The fourth-order valence-corrected chi connectivity index (χ4v) is 3.46. The Hall–Kier alpha value is -1.19. The maximum absolute atomic E-state index is 12.3. The Labute approximate surface area is 118 Å². The van der Waals surface area contributed by atoms with Crippen LogP contribution in [0.1, 0.15) is 19.3 Å². The van der Waals surface area contributed by atoms with Crippen molar-refractivity contribution in [3.63, 3.8) is 0 Å². The summed E-state index contributed by atoms with van der Waals surface area (Å²) in [5, 5.41) is 8.97. The van der Waals surface area contributed by atoms with Gasteiger partial charge in [0.1, 0.15) is 0 Å². The number of hydrogen-bond donors (Lipinski definition) is 1. The predicted molar refractivity (Wildman–Crippen MR) is 70.1 cm³/mol. The summed E-state index contributed by atoms with van der Waals surface area (Å²) in [6.45, 7) is 0.276. The molecule has 0 aromatic rings. The molecule has 1 saturated heterocycles. The number of esters is 1. The van der Waals surface area contributed by atoms with Crippen LogP contribution >= 0.6 is 0 Å². The number of carbonyl (C=O) groups excluding carboxylic acids is 1. The topological polar surface area (TPSA) is 104 Å². The first-order valence-electron chi connectivity index (χ1n) is 6.30. The van der Waals surface area contributed by atoms with E-state index in [0.29, 0.717) is 19.4 Å². The van der Waals surface area contributed by atoms with Crippen LogP contribution < -0.4 is 0 Å². The zero-order valence-electron chi connectivity index (χ0n) is 11.6. The van der Waals surface area contributed by atoms with Crippen LogP contribution in [0.25, 0.3) is 0 Å². The molecule has 20 heavy (non-hydrogen) atoms. The van der Waals surface area contributed by atoms with E-state index in [9.17, 15) is 18.0 Å². The Bertz CT molecular complexity index is 464. The highest BCUT2D eigenvalue weighted by atomic mass is 32.2. The van der Waals surface area contributed by atoms with Crippen molar-refractivity contribution in [1.82, 2.24) is 8.61 Å². The van der Waals surface area contributed by atoms with Gasteiger partial charge in [-0.1, -0.05) is 0 Å². The minimum atomic E-state index is -3.74. The van der Waals surface area contributed by atoms with Gasteiger partial charge in [-0.3, -0.25) is 9.59 Å². The molecule has 1 atom stereocenters. The van der Waals surface area contributed by atoms with Crippen molar-refractivity contribution in [2.24, 2.45) is 5.92 Å². The minimum Gasteiger partial charge on any atom is -0.481 e. The fourth-order valence-electron chi connectivity index (χ4n) is 2.02. The summed E-state index contributed by atoms with van der Waals surface area (Å²) in [7, 11) is -1.14. The standard InChI is InChI=1S/C11H20N2O6S/c1-12(7-5-10(14)19-2)20(17,18)13-6-3-4-9(8-13)11(15)16/h9H,3-8H2,1-2H3,(H,15,16). The first-order chi connectivity index (χ1) is 9.28. The molecule has 1 aliphatic heterocycles. The molecule has 0 aromatic carbocycles. The lowest BCUT2D eigenvalue weighted by molar-refractivity contribution is -0.143. The minimum absolute atomic E-state index is 0.00322. The third-order valence-corrected chi connectivity index (χ3v) is 5.27. The number of hydrogen-bond acceptors (Lipinski definition) is 5. The molecule has 1 heterocycles. The summed E-state index contributed by atoms with van der Waals surface area (Å²) in [6.07, 6.45) is 0.955. The van der Waals surface area contributed by atoms with E-state index in [1.165, 1.54) is 14.2 Å². The number of carboxylic acid groups (broad SMARTS) is 1. The lowest BCUT2D eigenvalue weighted by Crippen LogP contribution is -2.48. The third-order valence-electron chi connectivity index (χ3n) is 3.31. The molecule has 1 rings (SSSR count). The fraction of sp³-hybridized carbons (Fsp3) is 0.818. The molecule has 1 unspecified atom stereocenters. The molecule has 0 aromatic heterocycles. The van der Waals surface area contributed by atoms with Crippen molar-refractivity contribution < 1.29 is 27.9 Å². The maximum atomic E-state index is 12.3. The van der Waals surface area contributed by atoms with Gasteiger partial charge >= 0.3 is 11.9 Å². The van der Waals surface area contributed by atoms with E-state index < -0.39 is 28.1 Å². The summed E-state index contributed by atoms with van der Waals surface area (Å²) < 4.78 is 31.2. The van der Waals surface area contributed by atoms with Gasteiger partial charge in [0.15, 0.2) is 0 Å². The Kier molecular flexibility index (Phi) is 5.90. The summed E-state index contributed by atoms with van der Waals surface area (Å²) >= 11 is 0. The average molecular weight is 308 g/mol. The third kappa shape index (κ3) is 4.15. The lowest BCUT2D eigenvalue weighted by Gasteiger charge is -2.32. The maximum Gasteiger partial charge on any atom is 0.307 e. The Morgan fingerprint density at radius 3 is 2.65 bits per heavy atom. The number of ether oxygens (including phenoxy) is 1. The van der Waals surface area contributed by atoms with Gasteiger partial charge < -0.3 is 9.84 Å². The number of carbonyl (C=O) groups is 2. The van der Waals surface area contributed by atoms with E-state index in [-0.39, 0.29) is 19.5 Å². The van der Waals surface area contributed by atoms with Gasteiger partial charge in [-0.15, -0.1) is 0 Å². The van der Waals surface area contributed by atoms with Gasteiger partial charge in [0, 0.05) is 26.7 Å². The Morgan fingerprint density at radius 2 is 2.10 bits per heavy atom. The SMILES string of the molecule is COC(=O)CCN(C)S(=O)(=O)N1CCCC(C(=O)O)C1. The van der Waals surface area contributed by atoms with E-state index in [1.54, 1.807) is 0 Å². The molecule has 0 aliphatic carbocycles. The van der Waals surface area contributed by atoms with Crippen molar-refractivity contribution in [3.8, 4) is 0 Å². The van der Waals surface area contributed by atoms with Crippen LogP contribution in [0.4, 0.5) is 0 Å². The molecule has 0 amide bonds. The zero-order valence-corrected chi connectivity index (χ0v) is 12.4. The Morgan fingerprint density at radius 1 is 1.45 bits per heavy atom. The van der Waals surface area contributed by atoms with Gasteiger partial charge in [-0.2, -0.15) is 17.0 Å². The highest BCUT2D eigenvalue weighted by Gasteiger charge is 2.34. The van der Waals surface area contributed by atoms with Crippen LogP contribution in [0.2, 0.25) is 0 Å². The average Bonchev–Trinajstić information content (AvgIpc) is 2.44. The normalized spacial score (nSPS) is 20.9. The molecule has 8 nitrogen and oxygen atoms in total. The van der Waals surface area contributed by atoms with Crippen LogP contribution in [-0.2, 0) is 24.5 Å². The molecular formula is C11H20N2O6S. The first-order valence-corrected chi connectivity index (χ1v) is 7.69. The number of carboxylic acids is 1. The van der Waals surface area contributed by atoms with Gasteiger partial charge in [-0.05, 0) is 12.8 Å². The van der Waals surface area contributed by atoms with Crippen molar-refractivity contribution in [2.75, 3.05) is 33.8 Å². The van der Waals surface area contributed by atoms with E-state index in [0.717, 1.165) is 8.61 Å². The molecular weight excluding hydrogens is 288 g/mol. The Balaban J connectivity index is 2.67. The summed E-state index contributed by atoms with van der Waals surface area (Å²) in [5.74, 6) is -2.15. The van der Waals surface area contributed by atoms with Crippen molar-refractivity contribution in [2.45, 2.75) is 19.3 Å². The van der Waals surface area contributed by atoms with Gasteiger partial charge in [0.05, 0.1) is 19.4 Å². The van der Waals surface area contributed by atoms with Gasteiger partial charge in [0.2, 0.25) is 0 Å². The van der Waals surface area contributed by atoms with Crippen LogP contribution in [0.3, 0.4) is 0 Å².